The summed E-state index contributed by atoms with van der Waals surface area (Å²) in [4.78, 5) is 45.9. The van der Waals surface area contributed by atoms with Gasteiger partial charge in [0.25, 0.3) is 11.8 Å². The molecule has 6 heteroatoms. The molecule has 1 aromatic heterocycles. The molecule has 0 aliphatic heterocycles. The fourth-order valence-electron chi connectivity index (χ4n) is 4.38. The molecule has 1 heterocycles. The smallest absolute Gasteiger partial charge is 0.339 e. The van der Waals surface area contributed by atoms with E-state index in [9.17, 15) is 14.4 Å². The summed E-state index contributed by atoms with van der Waals surface area (Å²) < 4.78 is 4.77. The Bertz CT molecular complexity index is 1540. The minimum atomic E-state index is -0.568. The topological polar surface area (TPSA) is 76.6 Å². The van der Waals surface area contributed by atoms with Crippen LogP contribution in [0.4, 0.5) is 5.82 Å². The van der Waals surface area contributed by atoms with Gasteiger partial charge in [-0.25, -0.2) is 14.7 Å². The number of carbonyl (C=O) groups is 3. The molecule has 0 saturated carbocycles. The van der Waals surface area contributed by atoms with Gasteiger partial charge in [-0.2, -0.15) is 0 Å². The fourth-order valence-corrected chi connectivity index (χ4v) is 4.38. The maximum Gasteiger partial charge on any atom is 0.339 e. The first-order valence-corrected chi connectivity index (χ1v) is 12.3. The average molecular weight is 513 g/mol. The highest BCUT2D eigenvalue weighted by Gasteiger charge is 2.30. The van der Waals surface area contributed by atoms with Gasteiger partial charge in [0.1, 0.15) is 5.82 Å². The van der Waals surface area contributed by atoms with Crippen LogP contribution in [-0.2, 0) is 4.74 Å². The Balaban J connectivity index is 1.65. The standard InChI is InChI=1S/C33H24N2O4/c1-39-33(38)25-20-21-30(34-22-25)35(31(36)28-18-10-8-16-26(28)23-12-4-2-5-13-23)32(37)29-19-11-9-17-27(29)24-14-6-3-7-15-24/h2-22H,1H3. The number of nitrogens with zero attached hydrogens (tertiary/aromatic N) is 2. The summed E-state index contributed by atoms with van der Waals surface area (Å²) in [5, 5.41) is 0. The van der Waals surface area contributed by atoms with Crippen molar-refractivity contribution in [1.29, 1.82) is 0 Å². The average Bonchev–Trinajstić information content (AvgIpc) is 3.02. The number of anilines is 1. The van der Waals surface area contributed by atoms with Crippen molar-refractivity contribution in [3.63, 3.8) is 0 Å². The van der Waals surface area contributed by atoms with E-state index >= 15 is 0 Å². The van der Waals surface area contributed by atoms with Gasteiger partial charge in [0, 0.05) is 17.3 Å². The molecule has 0 bridgehead atoms. The summed E-state index contributed by atoms with van der Waals surface area (Å²) >= 11 is 0. The van der Waals surface area contributed by atoms with Gasteiger partial charge >= 0.3 is 5.97 Å². The number of methoxy groups -OCH3 is 1. The number of aromatic nitrogens is 1. The molecule has 0 aliphatic rings. The minimum Gasteiger partial charge on any atom is -0.465 e. The third-order valence-corrected chi connectivity index (χ3v) is 6.29. The Kier molecular flexibility index (Phi) is 7.37. The van der Waals surface area contributed by atoms with Gasteiger partial charge in [0.05, 0.1) is 12.7 Å². The number of hydrogen-bond donors (Lipinski definition) is 0. The van der Waals surface area contributed by atoms with Crippen LogP contribution in [0.25, 0.3) is 22.3 Å². The van der Waals surface area contributed by atoms with E-state index in [0.29, 0.717) is 22.3 Å². The molecule has 2 amide bonds. The molecule has 0 atom stereocenters. The molecule has 0 unspecified atom stereocenters. The highest BCUT2D eigenvalue weighted by Crippen LogP contribution is 2.30. The third kappa shape index (κ3) is 5.22. The zero-order chi connectivity index (χ0) is 27.2. The van der Waals surface area contributed by atoms with Gasteiger partial charge in [0.2, 0.25) is 0 Å². The second-order valence-corrected chi connectivity index (χ2v) is 8.67. The van der Waals surface area contributed by atoms with Crippen LogP contribution in [-0.4, -0.2) is 29.9 Å². The van der Waals surface area contributed by atoms with Crippen molar-refractivity contribution in [2.24, 2.45) is 0 Å². The van der Waals surface area contributed by atoms with E-state index in [-0.39, 0.29) is 11.4 Å². The Morgan fingerprint density at radius 1 is 0.590 bits per heavy atom. The number of amides is 2. The van der Waals surface area contributed by atoms with Crippen LogP contribution in [0.15, 0.2) is 128 Å². The van der Waals surface area contributed by atoms with Gasteiger partial charge in [-0.1, -0.05) is 97.1 Å². The van der Waals surface area contributed by atoms with E-state index in [1.165, 1.54) is 25.4 Å². The molecule has 0 spiro atoms. The molecule has 4 aromatic carbocycles. The second-order valence-electron chi connectivity index (χ2n) is 8.67. The molecule has 0 fully saturated rings. The van der Waals surface area contributed by atoms with Crippen molar-refractivity contribution >= 4 is 23.6 Å². The number of benzene rings is 4. The molecule has 39 heavy (non-hydrogen) atoms. The molecule has 5 rings (SSSR count). The van der Waals surface area contributed by atoms with Crippen LogP contribution >= 0.6 is 0 Å². The third-order valence-electron chi connectivity index (χ3n) is 6.29. The van der Waals surface area contributed by atoms with E-state index in [4.69, 9.17) is 4.74 Å². The lowest BCUT2D eigenvalue weighted by Crippen LogP contribution is -2.38. The number of esters is 1. The normalized spacial score (nSPS) is 10.5. The number of hydrogen-bond acceptors (Lipinski definition) is 5. The summed E-state index contributed by atoms with van der Waals surface area (Å²) in [5.41, 5.74) is 3.93. The molecule has 6 nitrogen and oxygen atoms in total. The van der Waals surface area contributed by atoms with E-state index in [1.54, 1.807) is 24.3 Å². The van der Waals surface area contributed by atoms with Crippen molar-refractivity contribution in [1.82, 2.24) is 4.98 Å². The summed E-state index contributed by atoms with van der Waals surface area (Å²) in [5.74, 6) is -1.56. The van der Waals surface area contributed by atoms with Gasteiger partial charge < -0.3 is 4.74 Å². The Morgan fingerprint density at radius 2 is 1.05 bits per heavy atom. The monoisotopic (exact) mass is 512 g/mol. The summed E-state index contributed by atoms with van der Waals surface area (Å²) in [6, 6.07) is 36.2. The first-order valence-electron chi connectivity index (χ1n) is 12.3. The summed E-state index contributed by atoms with van der Waals surface area (Å²) in [6.07, 6.45) is 1.29. The van der Waals surface area contributed by atoms with Gasteiger partial charge in [-0.3, -0.25) is 9.59 Å². The first kappa shape index (κ1) is 25.3. The van der Waals surface area contributed by atoms with E-state index in [0.717, 1.165) is 16.0 Å². The molecule has 0 radical (unpaired) electrons. The Morgan fingerprint density at radius 3 is 1.49 bits per heavy atom. The molecular formula is C33H24N2O4. The molecule has 0 aliphatic carbocycles. The predicted octanol–water partition coefficient (Wildman–Crippen LogP) is 6.69. The number of carbonyl (C=O) groups excluding carboxylic acids is 3. The lowest BCUT2D eigenvalue weighted by atomic mass is 9.97. The van der Waals surface area contributed by atoms with Gasteiger partial charge in [-0.15, -0.1) is 0 Å². The van der Waals surface area contributed by atoms with Crippen molar-refractivity contribution < 1.29 is 19.1 Å². The molecule has 0 N–H and O–H groups in total. The lowest BCUT2D eigenvalue weighted by molar-refractivity contribution is 0.0600. The highest BCUT2D eigenvalue weighted by atomic mass is 16.5. The summed E-state index contributed by atoms with van der Waals surface area (Å²) in [6.45, 7) is 0. The van der Waals surface area contributed by atoms with Gasteiger partial charge in [0.15, 0.2) is 0 Å². The zero-order valence-corrected chi connectivity index (χ0v) is 21.2. The maximum atomic E-state index is 14.3. The Hall–Kier alpha value is -5.36. The zero-order valence-electron chi connectivity index (χ0n) is 21.2. The van der Waals surface area contributed by atoms with E-state index < -0.39 is 17.8 Å². The largest absolute Gasteiger partial charge is 0.465 e. The number of imide groups is 1. The van der Waals surface area contributed by atoms with Crippen molar-refractivity contribution in [2.45, 2.75) is 0 Å². The molecule has 0 saturated heterocycles. The predicted molar refractivity (Wildman–Crippen MR) is 150 cm³/mol. The van der Waals surface area contributed by atoms with Crippen molar-refractivity contribution in [3.8, 4) is 22.3 Å². The van der Waals surface area contributed by atoms with Crippen LogP contribution in [0.2, 0.25) is 0 Å². The number of ether oxygens (including phenoxy) is 1. The number of pyridine rings is 1. The van der Waals surface area contributed by atoms with Crippen LogP contribution in [0.3, 0.4) is 0 Å². The molecule has 190 valence electrons. The van der Waals surface area contributed by atoms with Crippen LogP contribution in [0.5, 0.6) is 0 Å². The van der Waals surface area contributed by atoms with Gasteiger partial charge in [-0.05, 0) is 46.5 Å². The first-order chi connectivity index (χ1) is 19.1. The minimum absolute atomic E-state index is 0.0865. The second kappa shape index (κ2) is 11.4. The Labute approximate surface area is 226 Å². The molecule has 5 aromatic rings. The summed E-state index contributed by atoms with van der Waals surface area (Å²) in [7, 11) is 1.27. The van der Waals surface area contributed by atoms with Crippen molar-refractivity contribution in [2.75, 3.05) is 12.0 Å². The van der Waals surface area contributed by atoms with Crippen LogP contribution in [0, 0.1) is 0 Å². The fraction of sp³-hybridized carbons (Fsp3) is 0.0303. The highest BCUT2D eigenvalue weighted by molar-refractivity contribution is 6.27. The SMILES string of the molecule is COC(=O)c1ccc(N(C(=O)c2ccccc2-c2ccccc2)C(=O)c2ccccc2-c2ccccc2)nc1. The van der Waals surface area contributed by atoms with Crippen LogP contribution in [0.1, 0.15) is 31.1 Å². The van der Waals surface area contributed by atoms with Crippen molar-refractivity contribution in [3.05, 3.63) is 144 Å². The number of rotatable bonds is 6. The molecular weight excluding hydrogens is 488 g/mol. The van der Waals surface area contributed by atoms with E-state index in [2.05, 4.69) is 4.98 Å². The maximum absolute atomic E-state index is 14.3. The van der Waals surface area contributed by atoms with E-state index in [1.807, 2.05) is 84.9 Å². The quantitative estimate of drug-likeness (QED) is 0.187. The van der Waals surface area contributed by atoms with Crippen LogP contribution < -0.4 is 4.90 Å². The lowest BCUT2D eigenvalue weighted by Gasteiger charge is -2.23.